The maximum atomic E-state index is 10.6. The zero-order valence-electron chi connectivity index (χ0n) is 7.28. The van der Waals surface area contributed by atoms with Gasteiger partial charge in [-0.2, -0.15) is 0 Å². The molecule has 1 amide bonds. The molecule has 1 aromatic rings. The minimum atomic E-state index is -1.04. The molecule has 0 aliphatic heterocycles. The first-order valence-corrected chi connectivity index (χ1v) is 3.99. The van der Waals surface area contributed by atoms with Crippen LogP contribution in [0.2, 0.25) is 5.02 Å². The highest BCUT2D eigenvalue weighted by atomic mass is 35.5. The summed E-state index contributed by atoms with van der Waals surface area (Å²) in [5, 5.41) is 9.13. The van der Waals surface area contributed by atoms with Crippen LogP contribution < -0.4 is 4.90 Å². The summed E-state index contributed by atoms with van der Waals surface area (Å²) in [4.78, 5) is 15.6. The molecule has 0 spiro atoms. The van der Waals surface area contributed by atoms with Crippen molar-refractivity contribution in [1.29, 1.82) is 0 Å². The van der Waals surface area contributed by atoms with E-state index in [1.807, 2.05) is 0 Å². The quantitative estimate of drug-likeness (QED) is 0.756. The molecule has 0 aliphatic rings. The van der Waals surface area contributed by atoms with Crippen molar-refractivity contribution in [3.63, 3.8) is 0 Å². The predicted octanol–water partition coefficient (Wildman–Crippen LogP) is 2.16. The lowest BCUT2D eigenvalue weighted by atomic mass is 10.3. The van der Waals surface area contributed by atoms with E-state index in [9.17, 15) is 4.79 Å². The summed E-state index contributed by atoms with van der Waals surface area (Å²) in [5.74, 6) is 0. The number of hydrogen-bond donors (Lipinski definition) is 1. The minimum Gasteiger partial charge on any atom is -0.465 e. The fourth-order valence-electron chi connectivity index (χ4n) is 0.940. The lowest BCUT2D eigenvalue weighted by molar-refractivity contribution is 0.203. The van der Waals surface area contributed by atoms with Crippen LogP contribution in [0.25, 0.3) is 0 Å². The van der Waals surface area contributed by atoms with Gasteiger partial charge in [0, 0.05) is 13.2 Å². The van der Waals surface area contributed by atoms with E-state index in [0.29, 0.717) is 16.4 Å². The molecule has 13 heavy (non-hydrogen) atoms. The third kappa shape index (κ3) is 2.09. The van der Waals surface area contributed by atoms with Crippen molar-refractivity contribution >= 4 is 23.4 Å². The first-order valence-electron chi connectivity index (χ1n) is 3.61. The smallest absolute Gasteiger partial charge is 0.411 e. The summed E-state index contributed by atoms with van der Waals surface area (Å²) in [6, 6.07) is 1.57. The Morgan fingerprint density at radius 2 is 2.31 bits per heavy atom. The Morgan fingerprint density at radius 3 is 2.85 bits per heavy atom. The van der Waals surface area contributed by atoms with Gasteiger partial charge in [-0.25, -0.2) is 4.79 Å². The number of rotatable bonds is 1. The van der Waals surface area contributed by atoms with Crippen molar-refractivity contribution in [3.8, 4) is 0 Å². The zero-order valence-corrected chi connectivity index (χ0v) is 8.04. The van der Waals surface area contributed by atoms with Gasteiger partial charge >= 0.3 is 6.09 Å². The van der Waals surface area contributed by atoms with Crippen molar-refractivity contribution in [2.75, 3.05) is 11.9 Å². The van der Waals surface area contributed by atoms with Crippen LogP contribution in [0.4, 0.5) is 10.5 Å². The van der Waals surface area contributed by atoms with Gasteiger partial charge in [-0.1, -0.05) is 11.6 Å². The fourth-order valence-corrected chi connectivity index (χ4v) is 1.09. The Morgan fingerprint density at radius 1 is 1.69 bits per heavy atom. The minimum absolute atomic E-state index is 0.425. The van der Waals surface area contributed by atoms with Gasteiger partial charge < -0.3 is 5.11 Å². The lowest BCUT2D eigenvalue weighted by Crippen LogP contribution is -2.24. The molecule has 1 aromatic heterocycles. The molecule has 70 valence electrons. The zero-order chi connectivity index (χ0) is 10.0. The van der Waals surface area contributed by atoms with Crippen molar-refractivity contribution in [1.82, 2.24) is 4.98 Å². The van der Waals surface area contributed by atoms with Crippen molar-refractivity contribution < 1.29 is 9.90 Å². The number of carboxylic acid groups (broad SMARTS) is 1. The average molecular weight is 201 g/mol. The number of nitrogens with zero attached hydrogens (tertiary/aromatic N) is 2. The highest BCUT2D eigenvalue weighted by Crippen LogP contribution is 2.20. The monoisotopic (exact) mass is 200 g/mol. The summed E-state index contributed by atoms with van der Waals surface area (Å²) >= 11 is 5.68. The number of carbonyl (C=O) groups is 1. The van der Waals surface area contributed by atoms with Gasteiger partial charge in [0.2, 0.25) is 0 Å². The maximum absolute atomic E-state index is 10.6. The average Bonchev–Trinajstić information content (AvgIpc) is 2.08. The van der Waals surface area contributed by atoms with Crippen molar-refractivity contribution in [3.05, 3.63) is 23.0 Å². The van der Waals surface area contributed by atoms with Crippen LogP contribution >= 0.6 is 11.6 Å². The van der Waals surface area contributed by atoms with Crippen molar-refractivity contribution in [2.24, 2.45) is 0 Å². The molecule has 5 heteroatoms. The molecule has 1 rings (SSSR count). The third-order valence-corrected chi connectivity index (χ3v) is 1.88. The van der Waals surface area contributed by atoms with Gasteiger partial charge in [-0.05, 0) is 13.0 Å². The molecule has 0 unspecified atom stereocenters. The molecule has 0 saturated carbocycles. The van der Waals surface area contributed by atoms with Gasteiger partial charge in [-0.3, -0.25) is 9.88 Å². The third-order valence-electron chi connectivity index (χ3n) is 1.68. The fraction of sp³-hybridized carbons (Fsp3) is 0.250. The SMILES string of the molecule is Cc1ncc(Cl)cc1N(C)C(=O)O. The molecule has 1 heterocycles. The number of halogens is 1. The topological polar surface area (TPSA) is 53.4 Å². The molecular weight excluding hydrogens is 192 g/mol. The van der Waals surface area contributed by atoms with Gasteiger partial charge in [0.15, 0.2) is 0 Å². The number of anilines is 1. The number of aryl methyl sites for hydroxylation is 1. The van der Waals surface area contributed by atoms with Gasteiger partial charge in [-0.15, -0.1) is 0 Å². The molecular formula is C8H9ClN2O2. The highest BCUT2D eigenvalue weighted by Gasteiger charge is 2.11. The van der Waals surface area contributed by atoms with Crippen LogP contribution in [0.1, 0.15) is 5.69 Å². The van der Waals surface area contributed by atoms with E-state index in [1.165, 1.54) is 13.2 Å². The van der Waals surface area contributed by atoms with Gasteiger partial charge in [0.05, 0.1) is 16.4 Å². The maximum Gasteiger partial charge on any atom is 0.411 e. The van der Waals surface area contributed by atoms with E-state index in [-0.39, 0.29) is 0 Å². The normalized spacial score (nSPS) is 9.77. The Labute approximate surface area is 80.8 Å². The molecule has 0 aliphatic carbocycles. The van der Waals surface area contributed by atoms with E-state index in [4.69, 9.17) is 16.7 Å². The molecule has 0 bridgehead atoms. The molecule has 0 atom stereocenters. The van der Waals surface area contributed by atoms with E-state index in [1.54, 1.807) is 13.0 Å². The summed E-state index contributed by atoms with van der Waals surface area (Å²) in [7, 11) is 1.45. The van der Waals surface area contributed by atoms with E-state index in [2.05, 4.69) is 4.98 Å². The van der Waals surface area contributed by atoms with E-state index >= 15 is 0 Å². The highest BCUT2D eigenvalue weighted by molar-refractivity contribution is 6.30. The number of amides is 1. The Balaban J connectivity index is 3.12. The lowest BCUT2D eigenvalue weighted by Gasteiger charge is -2.14. The Bertz CT molecular complexity index is 341. The van der Waals surface area contributed by atoms with Crippen LogP contribution in [0.3, 0.4) is 0 Å². The summed E-state index contributed by atoms with van der Waals surface area (Å²) in [6.45, 7) is 1.73. The van der Waals surface area contributed by atoms with Crippen molar-refractivity contribution in [2.45, 2.75) is 6.92 Å². The van der Waals surface area contributed by atoms with Crippen LogP contribution in [0, 0.1) is 6.92 Å². The second kappa shape index (κ2) is 3.62. The Hall–Kier alpha value is -1.29. The Kier molecular flexibility index (Phi) is 2.72. The first-order chi connectivity index (χ1) is 6.02. The summed E-state index contributed by atoms with van der Waals surface area (Å²) < 4.78 is 0. The molecule has 0 aromatic carbocycles. The second-order valence-corrected chi connectivity index (χ2v) is 3.04. The summed E-state index contributed by atoms with van der Waals surface area (Å²) in [5.41, 5.74) is 1.13. The number of aromatic nitrogens is 1. The largest absolute Gasteiger partial charge is 0.465 e. The second-order valence-electron chi connectivity index (χ2n) is 2.60. The molecule has 4 nitrogen and oxygen atoms in total. The standard InChI is InChI=1S/C8H9ClN2O2/c1-5-7(11(2)8(12)13)3-6(9)4-10-5/h3-4H,1-2H3,(H,12,13). The summed E-state index contributed by atoms with van der Waals surface area (Å²) in [6.07, 6.45) is 0.447. The molecule has 0 saturated heterocycles. The molecule has 1 N–H and O–H groups in total. The predicted molar refractivity (Wildman–Crippen MR) is 50.4 cm³/mol. The van der Waals surface area contributed by atoms with Crippen LogP contribution in [0.15, 0.2) is 12.3 Å². The van der Waals surface area contributed by atoms with Crippen LogP contribution in [-0.2, 0) is 0 Å². The van der Waals surface area contributed by atoms with E-state index in [0.717, 1.165) is 4.90 Å². The van der Waals surface area contributed by atoms with Crippen LogP contribution in [-0.4, -0.2) is 23.2 Å². The number of pyridine rings is 1. The first kappa shape index (κ1) is 9.80. The van der Waals surface area contributed by atoms with E-state index < -0.39 is 6.09 Å². The number of hydrogen-bond acceptors (Lipinski definition) is 2. The molecule has 0 radical (unpaired) electrons. The van der Waals surface area contributed by atoms with Crippen LogP contribution in [0.5, 0.6) is 0 Å². The van der Waals surface area contributed by atoms with Gasteiger partial charge in [0.25, 0.3) is 0 Å². The molecule has 0 fully saturated rings. The van der Waals surface area contributed by atoms with Gasteiger partial charge in [0.1, 0.15) is 0 Å².